The molecular weight excluding hydrogens is 392 g/mol. The van der Waals surface area contributed by atoms with Crippen LogP contribution in [0, 0.1) is 6.92 Å². The minimum absolute atomic E-state index is 0.0939. The van der Waals surface area contributed by atoms with Crippen molar-refractivity contribution < 1.29 is 19.3 Å². The van der Waals surface area contributed by atoms with E-state index in [4.69, 9.17) is 0 Å². The van der Waals surface area contributed by atoms with Gasteiger partial charge < -0.3 is 20.4 Å². The Hall–Kier alpha value is -3.19. The quantitative estimate of drug-likeness (QED) is 0.637. The van der Waals surface area contributed by atoms with Gasteiger partial charge in [-0.2, -0.15) is 0 Å². The molecule has 2 atom stereocenters. The Kier molecular flexibility index (Phi) is 7.41. The number of hydrogen-bond acceptors (Lipinski definition) is 3. The number of aryl methyl sites for hydroxylation is 1. The Balaban J connectivity index is 1.73. The molecule has 3 amide bonds. The standard InChI is InChI=1S/C24H30N4O3/c1-4-13-27(15-23(30)25-19-10-6-5-9-17(19)2)16-24(31)28-18(3)14-22(29)26-20-11-7-8-12-21(20)28/h5-12,18H,4,13-16H2,1-3H3,(H,25,30)(H,26,29)/p+1/t18-/m1/s1. The van der Waals surface area contributed by atoms with Crippen molar-refractivity contribution in [1.29, 1.82) is 0 Å². The summed E-state index contributed by atoms with van der Waals surface area (Å²) in [5, 5.41) is 5.83. The van der Waals surface area contributed by atoms with Gasteiger partial charge in [0.15, 0.2) is 13.1 Å². The maximum Gasteiger partial charge on any atom is 0.282 e. The lowest BCUT2D eigenvalue weighted by atomic mass is 10.1. The molecule has 0 fully saturated rings. The van der Waals surface area contributed by atoms with Gasteiger partial charge in [-0.1, -0.05) is 37.3 Å². The molecule has 0 radical (unpaired) electrons. The van der Waals surface area contributed by atoms with Crippen LogP contribution < -0.4 is 20.4 Å². The fraction of sp³-hybridized carbons (Fsp3) is 0.375. The first-order chi connectivity index (χ1) is 14.9. The van der Waals surface area contributed by atoms with Crippen LogP contribution in [0.3, 0.4) is 0 Å². The van der Waals surface area contributed by atoms with Crippen LogP contribution in [0.25, 0.3) is 0 Å². The molecule has 3 N–H and O–H groups in total. The number of nitrogens with one attached hydrogen (secondary N) is 3. The number of carbonyl (C=O) groups is 3. The van der Waals surface area contributed by atoms with Gasteiger partial charge in [0.2, 0.25) is 5.91 Å². The molecule has 0 saturated carbocycles. The first-order valence-corrected chi connectivity index (χ1v) is 10.8. The van der Waals surface area contributed by atoms with E-state index in [0.29, 0.717) is 17.9 Å². The van der Waals surface area contributed by atoms with Gasteiger partial charge >= 0.3 is 0 Å². The third-order valence-electron chi connectivity index (χ3n) is 5.46. The third-order valence-corrected chi connectivity index (χ3v) is 5.46. The second-order valence-electron chi connectivity index (χ2n) is 8.10. The van der Waals surface area contributed by atoms with Crippen molar-refractivity contribution in [2.75, 3.05) is 35.2 Å². The van der Waals surface area contributed by atoms with Gasteiger partial charge in [-0.3, -0.25) is 14.4 Å². The Morgan fingerprint density at radius 3 is 2.58 bits per heavy atom. The van der Waals surface area contributed by atoms with E-state index in [1.54, 1.807) is 11.0 Å². The molecule has 0 saturated heterocycles. The number of anilines is 3. The number of rotatable bonds is 7. The van der Waals surface area contributed by atoms with E-state index in [-0.39, 0.29) is 43.3 Å². The number of hydrogen-bond donors (Lipinski definition) is 3. The highest BCUT2D eigenvalue weighted by atomic mass is 16.2. The van der Waals surface area contributed by atoms with Gasteiger partial charge in [-0.05, 0) is 44.0 Å². The van der Waals surface area contributed by atoms with Crippen molar-refractivity contribution in [3.8, 4) is 0 Å². The predicted octanol–water partition coefficient (Wildman–Crippen LogP) is 1.99. The molecule has 0 spiro atoms. The summed E-state index contributed by atoms with van der Waals surface area (Å²) < 4.78 is 0. The Bertz CT molecular complexity index is 959. The van der Waals surface area contributed by atoms with Gasteiger partial charge in [0, 0.05) is 18.2 Å². The van der Waals surface area contributed by atoms with Gasteiger partial charge in [-0.15, -0.1) is 0 Å². The Morgan fingerprint density at radius 2 is 1.84 bits per heavy atom. The van der Waals surface area contributed by atoms with Crippen LogP contribution in [0.4, 0.5) is 17.1 Å². The molecule has 1 heterocycles. The van der Waals surface area contributed by atoms with Crippen molar-refractivity contribution in [3.05, 3.63) is 54.1 Å². The predicted molar refractivity (Wildman–Crippen MR) is 122 cm³/mol. The van der Waals surface area contributed by atoms with E-state index in [1.807, 2.05) is 63.2 Å². The van der Waals surface area contributed by atoms with Crippen LogP contribution in [-0.4, -0.2) is 43.4 Å². The molecule has 1 aliphatic rings. The summed E-state index contributed by atoms with van der Waals surface area (Å²) in [7, 11) is 0. The van der Waals surface area contributed by atoms with Crippen LogP contribution in [0.15, 0.2) is 48.5 Å². The zero-order valence-electron chi connectivity index (χ0n) is 18.4. The van der Waals surface area contributed by atoms with E-state index in [9.17, 15) is 14.4 Å². The zero-order valence-corrected chi connectivity index (χ0v) is 18.4. The molecule has 1 aliphatic heterocycles. The summed E-state index contributed by atoms with van der Waals surface area (Å²) in [6.07, 6.45) is 1.09. The number of fused-ring (bicyclic) bond motifs is 1. The first-order valence-electron chi connectivity index (χ1n) is 10.8. The molecule has 7 nitrogen and oxygen atoms in total. The first kappa shape index (κ1) is 22.5. The minimum atomic E-state index is -0.264. The third kappa shape index (κ3) is 5.70. The van der Waals surface area contributed by atoms with Gasteiger partial charge in [0.05, 0.1) is 17.9 Å². The summed E-state index contributed by atoms with van der Waals surface area (Å²) in [5.74, 6) is -0.319. The lowest BCUT2D eigenvalue weighted by molar-refractivity contribution is -0.883. The SMILES string of the molecule is CCC[NH+](CC(=O)Nc1ccccc1C)CC(=O)N1c2ccccc2NC(=O)C[C@H]1C. The minimum Gasteiger partial charge on any atom is -0.324 e. The number of para-hydroxylation sites is 3. The summed E-state index contributed by atoms with van der Waals surface area (Å²) in [5.41, 5.74) is 3.12. The molecule has 2 aromatic carbocycles. The lowest BCUT2D eigenvalue weighted by Gasteiger charge is -2.29. The summed E-state index contributed by atoms with van der Waals surface area (Å²) in [4.78, 5) is 40.8. The summed E-state index contributed by atoms with van der Waals surface area (Å²) in [6.45, 7) is 6.95. The average Bonchev–Trinajstić information content (AvgIpc) is 2.84. The molecule has 31 heavy (non-hydrogen) atoms. The molecular formula is C24H31N4O3+. The molecule has 1 unspecified atom stereocenters. The van der Waals surface area contributed by atoms with Crippen LogP contribution in [0.1, 0.15) is 32.3 Å². The number of carbonyl (C=O) groups excluding carboxylic acids is 3. The maximum atomic E-state index is 13.3. The summed E-state index contributed by atoms with van der Waals surface area (Å²) in [6, 6.07) is 14.7. The largest absolute Gasteiger partial charge is 0.324 e. The van der Waals surface area contributed by atoms with Crippen molar-refractivity contribution in [2.24, 2.45) is 0 Å². The van der Waals surface area contributed by atoms with E-state index in [1.165, 1.54) is 0 Å². The maximum absolute atomic E-state index is 13.3. The van der Waals surface area contributed by atoms with Crippen LogP contribution >= 0.6 is 0 Å². The second kappa shape index (κ2) is 10.2. The zero-order chi connectivity index (χ0) is 22.4. The lowest BCUT2D eigenvalue weighted by Crippen LogP contribution is -3.14. The fourth-order valence-corrected chi connectivity index (χ4v) is 3.99. The van der Waals surface area contributed by atoms with E-state index < -0.39 is 0 Å². The molecule has 164 valence electrons. The highest BCUT2D eigenvalue weighted by molar-refractivity contribution is 6.04. The highest BCUT2D eigenvalue weighted by Crippen LogP contribution is 2.31. The van der Waals surface area contributed by atoms with Gasteiger partial charge in [0.25, 0.3) is 11.8 Å². The van der Waals surface area contributed by atoms with Gasteiger partial charge in [-0.25, -0.2) is 0 Å². The average molecular weight is 424 g/mol. The van der Waals surface area contributed by atoms with Gasteiger partial charge in [0.1, 0.15) is 0 Å². The van der Waals surface area contributed by atoms with Crippen molar-refractivity contribution in [2.45, 2.75) is 39.7 Å². The topological polar surface area (TPSA) is 82.9 Å². The fourth-order valence-electron chi connectivity index (χ4n) is 3.99. The molecule has 2 aromatic rings. The van der Waals surface area contributed by atoms with E-state index in [2.05, 4.69) is 10.6 Å². The number of amides is 3. The van der Waals surface area contributed by atoms with E-state index >= 15 is 0 Å². The molecule has 7 heteroatoms. The molecule has 3 rings (SSSR count). The monoisotopic (exact) mass is 423 g/mol. The Morgan fingerprint density at radius 1 is 1.13 bits per heavy atom. The summed E-state index contributed by atoms with van der Waals surface area (Å²) >= 11 is 0. The van der Waals surface area contributed by atoms with Crippen molar-refractivity contribution in [1.82, 2.24) is 0 Å². The highest BCUT2D eigenvalue weighted by Gasteiger charge is 2.31. The smallest absolute Gasteiger partial charge is 0.282 e. The number of benzene rings is 2. The van der Waals surface area contributed by atoms with E-state index in [0.717, 1.165) is 22.6 Å². The number of nitrogens with zero attached hydrogens (tertiary/aromatic N) is 1. The van der Waals surface area contributed by atoms with Crippen LogP contribution in [0.5, 0.6) is 0 Å². The van der Waals surface area contributed by atoms with Crippen LogP contribution in [-0.2, 0) is 14.4 Å². The molecule has 0 aliphatic carbocycles. The normalized spacial score (nSPS) is 16.7. The number of quaternary nitrogens is 1. The van der Waals surface area contributed by atoms with Crippen LogP contribution in [0.2, 0.25) is 0 Å². The Labute approximate surface area is 183 Å². The van der Waals surface area contributed by atoms with Crippen molar-refractivity contribution >= 4 is 34.8 Å². The van der Waals surface area contributed by atoms with Crippen molar-refractivity contribution in [3.63, 3.8) is 0 Å². The second-order valence-corrected chi connectivity index (χ2v) is 8.10. The molecule has 0 aromatic heterocycles. The molecule has 0 bridgehead atoms.